The summed E-state index contributed by atoms with van der Waals surface area (Å²) in [5, 5.41) is 12.9. The fraction of sp³-hybridized carbons (Fsp3) is 0.933. The van der Waals surface area contributed by atoms with Gasteiger partial charge in [0.1, 0.15) is 0 Å². The normalized spacial score (nSPS) is 22.1. The smallest absolute Gasteiger partial charge is 0.236 e. The number of nitrogens with zero attached hydrogens (tertiary/aromatic N) is 1. The fourth-order valence-corrected chi connectivity index (χ4v) is 2.96. The molecule has 1 aliphatic carbocycles. The Balaban J connectivity index is 1.50. The molecule has 5 heteroatoms. The van der Waals surface area contributed by atoms with Crippen molar-refractivity contribution in [3.8, 4) is 0 Å². The summed E-state index contributed by atoms with van der Waals surface area (Å²) in [5.74, 6) is 0.142. The molecule has 1 heterocycles. The number of aliphatic hydroxyl groups excluding tert-OH is 1. The average molecular weight is 284 g/mol. The summed E-state index contributed by atoms with van der Waals surface area (Å²) < 4.78 is 5.72. The number of hydrogen-bond acceptors (Lipinski definition) is 4. The zero-order valence-corrected chi connectivity index (χ0v) is 12.4. The zero-order chi connectivity index (χ0) is 14.2. The van der Waals surface area contributed by atoms with Crippen LogP contribution in [0.3, 0.4) is 0 Å². The maximum absolute atomic E-state index is 11.8. The molecule has 0 bridgehead atoms. The van der Waals surface area contributed by atoms with Crippen LogP contribution in [0.5, 0.6) is 0 Å². The second kappa shape index (κ2) is 8.60. The first-order chi connectivity index (χ1) is 9.75. The van der Waals surface area contributed by atoms with Crippen LogP contribution in [0, 0.1) is 0 Å². The number of nitrogens with one attached hydrogen (secondary N) is 1. The first-order valence-electron chi connectivity index (χ1n) is 8.04. The van der Waals surface area contributed by atoms with Crippen LogP contribution in [0.1, 0.15) is 44.9 Å². The Kier molecular flexibility index (Phi) is 6.76. The van der Waals surface area contributed by atoms with Crippen LogP contribution in [0.25, 0.3) is 0 Å². The van der Waals surface area contributed by atoms with E-state index < -0.39 is 6.10 Å². The molecule has 2 aliphatic rings. The van der Waals surface area contributed by atoms with E-state index in [0.29, 0.717) is 25.8 Å². The van der Waals surface area contributed by atoms with E-state index >= 15 is 0 Å². The van der Waals surface area contributed by atoms with E-state index in [-0.39, 0.29) is 5.91 Å². The third kappa shape index (κ3) is 5.38. The molecule has 2 fully saturated rings. The number of likely N-dealkylation sites (tertiary alicyclic amines) is 1. The number of carbonyl (C=O) groups is 1. The molecule has 1 atom stereocenters. The van der Waals surface area contributed by atoms with Gasteiger partial charge in [-0.1, -0.05) is 19.3 Å². The zero-order valence-electron chi connectivity index (χ0n) is 12.4. The molecular weight excluding hydrogens is 256 g/mol. The third-order valence-corrected chi connectivity index (χ3v) is 4.19. The number of rotatable bonds is 7. The number of amides is 1. The van der Waals surface area contributed by atoms with Gasteiger partial charge in [-0.05, 0) is 25.7 Å². The maximum atomic E-state index is 11.8. The third-order valence-electron chi connectivity index (χ3n) is 4.19. The summed E-state index contributed by atoms with van der Waals surface area (Å²) in [5.41, 5.74) is 0. The van der Waals surface area contributed by atoms with Crippen LogP contribution in [0.15, 0.2) is 0 Å². The topological polar surface area (TPSA) is 61.8 Å². The van der Waals surface area contributed by atoms with Crippen molar-refractivity contribution in [3.05, 3.63) is 0 Å². The predicted molar refractivity (Wildman–Crippen MR) is 77.5 cm³/mol. The molecule has 116 valence electrons. The van der Waals surface area contributed by atoms with E-state index in [2.05, 4.69) is 5.32 Å². The highest BCUT2D eigenvalue weighted by atomic mass is 16.5. The van der Waals surface area contributed by atoms with Crippen molar-refractivity contribution >= 4 is 5.91 Å². The van der Waals surface area contributed by atoms with Gasteiger partial charge in [-0.25, -0.2) is 0 Å². The van der Waals surface area contributed by atoms with Crippen molar-refractivity contribution in [3.63, 3.8) is 0 Å². The van der Waals surface area contributed by atoms with Crippen LogP contribution in [0.2, 0.25) is 0 Å². The lowest BCUT2D eigenvalue weighted by Crippen LogP contribution is -2.40. The Hall–Kier alpha value is -0.650. The first-order valence-corrected chi connectivity index (χ1v) is 8.04. The highest BCUT2D eigenvalue weighted by molar-refractivity contribution is 5.78. The lowest BCUT2D eigenvalue weighted by Gasteiger charge is -2.23. The van der Waals surface area contributed by atoms with E-state index in [9.17, 15) is 9.90 Å². The van der Waals surface area contributed by atoms with Gasteiger partial charge in [0.2, 0.25) is 5.91 Å². The Morgan fingerprint density at radius 2 is 1.90 bits per heavy atom. The summed E-state index contributed by atoms with van der Waals surface area (Å²) in [7, 11) is 0. The molecule has 0 spiro atoms. The second-order valence-electron chi connectivity index (χ2n) is 5.97. The van der Waals surface area contributed by atoms with Crippen LogP contribution in [-0.4, -0.2) is 60.9 Å². The molecular formula is C15H28N2O3. The molecule has 2 rings (SSSR count). The molecule has 5 nitrogen and oxygen atoms in total. The van der Waals surface area contributed by atoms with Crippen LogP contribution in [-0.2, 0) is 9.53 Å². The molecule has 0 aromatic heterocycles. The van der Waals surface area contributed by atoms with E-state index in [1.807, 2.05) is 4.90 Å². The Labute approximate surface area is 121 Å². The van der Waals surface area contributed by atoms with Gasteiger partial charge in [-0.15, -0.1) is 0 Å². The van der Waals surface area contributed by atoms with Crippen LogP contribution < -0.4 is 5.32 Å². The Bertz CT molecular complexity index is 287. The van der Waals surface area contributed by atoms with E-state index in [1.54, 1.807) is 0 Å². The van der Waals surface area contributed by atoms with Crippen molar-refractivity contribution < 1.29 is 14.6 Å². The molecule has 1 aliphatic heterocycles. The summed E-state index contributed by atoms with van der Waals surface area (Å²) in [6.45, 7) is 2.88. The standard InChI is InChI=1S/C15H28N2O3/c18-13(12-20-14-6-2-1-3-7-14)10-16-11-15(19)17-8-4-5-9-17/h13-14,16,18H,1-12H2. The molecule has 1 saturated carbocycles. The predicted octanol–water partition coefficient (Wildman–Crippen LogP) is 0.909. The minimum atomic E-state index is -0.525. The molecule has 0 aromatic carbocycles. The van der Waals surface area contributed by atoms with E-state index in [1.165, 1.54) is 19.3 Å². The van der Waals surface area contributed by atoms with Gasteiger partial charge in [0.05, 0.1) is 25.4 Å². The molecule has 1 saturated heterocycles. The summed E-state index contributed by atoms with van der Waals surface area (Å²) in [4.78, 5) is 13.7. The first kappa shape index (κ1) is 15.7. The second-order valence-corrected chi connectivity index (χ2v) is 5.97. The molecule has 1 unspecified atom stereocenters. The summed E-state index contributed by atoms with van der Waals surface area (Å²) in [6, 6.07) is 0. The van der Waals surface area contributed by atoms with Crippen molar-refractivity contribution in [2.75, 3.05) is 32.8 Å². The van der Waals surface area contributed by atoms with Gasteiger partial charge in [-0.3, -0.25) is 4.79 Å². The van der Waals surface area contributed by atoms with Gasteiger partial charge >= 0.3 is 0 Å². The minimum absolute atomic E-state index is 0.142. The van der Waals surface area contributed by atoms with Gasteiger partial charge in [0.25, 0.3) is 0 Å². The number of carbonyl (C=O) groups excluding carboxylic acids is 1. The average Bonchev–Trinajstić information content (AvgIpc) is 3.00. The molecule has 0 radical (unpaired) electrons. The van der Waals surface area contributed by atoms with Gasteiger partial charge in [0, 0.05) is 19.6 Å². The quantitative estimate of drug-likeness (QED) is 0.729. The van der Waals surface area contributed by atoms with E-state index in [4.69, 9.17) is 4.74 Å². The highest BCUT2D eigenvalue weighted by Crippen LogP contribution is 2.20. The van der Waals surface area contributed by atoms with E-state index in [0.717, 1.165) is 38.8 Å². The lowest BCUT2D eigenvalue weighted by molar-refractivity contribution is -0.129. The number of hydrogen-bond donors (Lipinski definition) is 2. The van der Waals surface area contributed by atoms with Crippen LogP contribution >= 0.6 is 0 Å². The fourth-order valence-electron chi connectivity index (χ4n) is 2.96. The molecule has 2 N–H and O–H groups in total. The van der Waals surface area contributed by atoms with Crippen molar-refractivity contribution in [2.24, 2.45) is 0 Å². The van der Waals surface area contributed by atoms with Gasteiger partial charge in [0.15, 0.2) is 0 Å². The summed E-state index contributed by atoms with van der Waals surface area (Å²) >= 11 is 0. The molecule has 1 amide bonds. The maximum Gasteiger partial charge on any atom is 0.236 e. The monoisotopic (exact) mass is 284 g/mol. The van der Waals surface area contributed by atoms with Gasteiger partial charge in [-0.2, -0.15) is 0 Å². The summed E-state index contributed by atoms with van der Waals surface area (Å²) in [6.07, 6.45) is 8.05. The van der Waals surface area contributed by atoms with Crippen molar-refractivity contribution in [2.45, 2.75) is 57.2 Å². The van der Waals surface area contributed by atoms with Crippen molar-refractivity contribution in [1.82, 2.24) is 10.2 Å². The van der Waals surface area contributed by atoms with Crippen molar-refractivity contribution in [1.29, 1.82) is 0 Å². The number of aliphatic hydroxyl groups is 1. The lowest BCUT2D eigenvalue weighted by atomic mass is 9.98. The highest BCUT2D eigenvalue weighted by Gasteiger charge is 2.18. The molecule has 0 aromatic rings. The SMILES string of the molecule is O=C(CNCC(O)COC1CCCCC1)N1CCCC1. The Morgan fingerprint density at radius 3 is 2.60 bits per heavy atom. The Morgan fingerprint density at radius 1 is 1.20 bits per heavy atom. The van der Waals surface area contributed by atoms with Crippen LogP contribution in [0.4, 0.5) is 0 Å². The number of ether oxygens (including phenoxy) is 1. The van der Waals surface area contributed by atoms with Gasteiger partial charge < -0.3 is 20.1 Å². The largest absolute Gasteiger partial charge is 0.389 e. The molecule has 20 heavy (non-hydrogen) atoms. The minimum Gasteiger partial charge on any atom is -0.389 e.